The van der Waals surface area contributed by atoms with E-state index >= 15 is 0 Å². The van der Waals surface area contributed by atoms with Gasteiger partial charge in [-0.3, -0.25) is 4.79 Å². The van der Waals surface area contributed by atoms with Gasteiger partial charge in [0.15, 0.2) is 0 Å². The lowest BCUT2D eigenvalue weighted by Crippen LogP contribution is -2.13. The van der Waals surface area contributed by atoms with Crippen molar-refractivity contribution in [3.8, 4) is 0 Å². The standard InChI is InChI=1S/C15H23O2P/c1-12(10-15(2,3)4)11-18(17)14(16)13-8-6-5-7-9-13/h5-9,12,18H,10-11H2,1-4H3. The maximum Gasteiger partial charge on any atom is 0.218 e. The van der Waals surface area contributed by atoms with E-state index in [4.69, 9.17) is 0 Å². The first-order chi connectivity index (χ1) is 8.29. The lowest BCUT2D eigenvalue weighted by molar-refractivity contribution is 0.107. The van der Waals surface area contributed by atoms with Crippen LogP contribution < -0.4 is 0 Å². The summed E-state index contributed by atoms with van der Waals surface area (Å²) in [7, 11) is -2.18. The molecule has 0 bridgehead atoms. The maximum atomic E-state index is 12.1. The first-order valence-electron chi connectivity index (χ1n) is 6.42. The van der Waals surface area contributed by atoms with Crippen LogP contribution in [0.2, 0.25) is 0 Å². The highest BCUT2D eigenvalue weighted by Crippen LogP contribution is 2.34. The van der Waals surface area contributed by atoms with Crippen LogP contribution >= 0.6 is 7.80 Å². The third-order valence-electron chi connectivity index (χ3n) is 2.78. The fourth-order valence-electron chi connectivity index (χ4n) is 2.28. The first kappa shape index (κ1) is 15.2. The van der Waals surface area contributed by atoms with Gasteiger partial charge in [-0.15, -0.1) is 0 Å². The van der Waals surface area contributed by atoms with Crippen LogP contribution in [0.4, 0.5) is 0 Å². The second-order valence-electron chi connectivity index (χ2n) is 6.19. The molecule has 0 saturated carbocycles. The van der Waals surface area contributed by atoms with Crippen molar-refractivity contribution >= 4 is 13.3 Å². The van der Waals surface area contributed by atoms with Gasteiger partial charge in [0.2, 0.25) is 5.52 Å². The number of carbonyl (C=O) groups excluding carboxylic acids is 1. The average molecular weight is 266 g/mol. The van der Waals surface area contributed by atoms with Crippen LogP contribution in [0.15, 0.2) is 30.3 Å². The van der Waals surface area contributed by atoms with E-state index in [0.717, 1.165) is 6.42 Å². The SMILES string of the molecule is CC(C[PH](=O)C(=O)c1ccccc1)CC(C)(C)C. The molecule has 0 heterocycles. The first-order valence-corrected chi connectivity index (χ1v) is 8.04. The van der Waals surface area contributed by atoms with E-state index in [1.807, 2.05) is 6.07 Å². The van der Waals surface area contributed by atoms with E-state index in [1.54, 1.807) is 24.3 Å². The summed E-state index contributed by atoms with van der Waals surface area (Å²) in [6, 6.07) is 8.94. The molecule has 1 rings (SSSR count). The van der Waals surface area contributed by atoms with Crippen LogP contribution in [-0.4, -0.2) is 11.7 Å². The molecule has 0 spiro atoms. The topological polar surface area (TPSA) is 34.1 Å². The lowest BCUT2D eigenvalue weighted by atomic mass is 9.86. The molecule has 1 aromatic rings. The van der Waals surface area contributed by atoms with Crippen molar-refractivity contribution in [3.05, 3.63) is 35.9 Å². The predicted molar refractivity (Wildman–Crippen MR) is 77.9 cm³/mol. The smallest absolute Gasteiger partial charge is 0.218 e. The van der Waals surface area contributed by atoms with E-state index < -0.39 is 7.80 Å². The molecule has 100 valence electrons. The Morgan fingerprint density at radius 2 is 1.78 bits per heavy atom. The zero-order valence-electron chi connectivity index (χ0n) is 11.7. The van der Waals surface area contributed by atoms with E-state index in [0.29, 0.717) is 17.6 Å². The van der Waals surface area contributed by atoms with Crippen molar-refractivity contribution in [1.82, 2.24) is 0 Å². The molecule has 2 atom stereocenters. The zero-order valence-corrected chi connectivity index (χ0v) is 12.7. The van der Waals surface area contributed by atoms with Crippen LogP contribution in [0.25, 0.3) is 0 Å². The minimum atomic E-state index is -2.18. The van der Waals surface area contributed by atoms with Crippen molar-refractivity contribution in [3.63, 3.8) is 0 Å². The quantitative estimate of drug-likeness (QED) is 0.737. The number of benzene rings is 1. The minimum Gasteiger partial charge on any atom is -0.318 e. The molecule has 2 unspecified atom stereocenters. The monoisotopic (exact) mass is 266 g/mol. The molecular weight excluding hydrogens is 243 g/mol. The fraction of sp³-hybridized carbons (Fsp3) is 0.533. The van der Waals surface area contributed by atoms with Gasteiger partial charge in [0.1, 0.15) is 7.80 Å². The number of hydrogen-bond acceptors (Lipinski definition) is 2. The number of hydrogen-bond donors (Lipinski definition) is 0. The van der Waals surface area contributed by atoms with Gasteiger partial charge < -0.3 is 4.57 Å². The molecule has 0 aromatic heterocycles. The van der Waals surface area contributed by atoms with Crippen LogP contribution in [0, 0.1) is 11.3 Å². The summed E-state index contributed by atoms with van der Waals surface area (Å²) in [5.41, 5.74) is 0.614. The molecule has 0 radical (unpaired) electrons. The molecule has 2 nitrogen and oxygen atoms in total. The molecule has 0 N–H and O–H groups in total. The summed E-state index contributed by atoms with van der Waals surface area (Å²) in [6.07, 6.45) is 1.52. The van der Waals surface area contributed by atoms with Gasteiger partial charge in [0.05, 0.1) is 0 Å². The molecule has 18 heavy (non-hydrogen) atoms. The predicted octanol–water partition coefficient (Wildman–Crippen LogP) is 4.46. The summed E-state index contributed by atoms with van der Waals surface area (Å²) in [5, 5.41) is 0. The van der Waals surface area contributed by atoms with Gasteiger partial charge in [-0.25, -0.2) is 0 Å². The van der Waals surface area contributed by atoms with Crippen molar-refractivity contribution in [1.29, 1.82) is 0 Å². The summed E-state index contributed by atoms with van der Waals surface area (Å²) in [4.78, 5) is 12.0. The highest BCUT2D eigenvalue weighted by Gasteiger charge is 2.20. The third-order valence-corrected chi connectivity index (χ3v) is 4.65. The maximum absolute atomic E-state index is 12.1. The molecule has 3 heteroatoms. The summed E-state index contributed by atoms with van der Waals surface area (Å²) in [5.74, 6) is 0.323. The summed E-state index contributed by atoms with van der Waals surface area (Å²) >= 11 is 0. The molecular formula is C15H23O2P. The second-order valence-corrected chi connectivity index (χ2v) is 7.90. The van der Waals surface area contributed by atoms with E-state index in [2.05, 4.69) is 27.7 Å². The van der Waals surface area contributed by atoms with Gasteiger partial charge in [-0.2, -0.15) is 0 Å². The van der Waals surface area contributed by atoms with Gasteiger partial charge in [0, 0.05) is 11.7 Å². The molecule has 0 aliphatic rings. The zero-order chi connectivity index (χ0) is 13.8. The van der Waals surface area contributed by atoms with Crippen LogP contribution in [0.1, 0.15) is 44.5 Å². The Morgan fingerprint density at radius 3 is 2.28 bits per heavy atom. The van der Waals surface area contributed by atoms with Gasteiger partial charge in [-0.1, -0.05) is 58.0 Å². The number of rotatable bonds is 5. The van der Waals surface area contributed by atoms with Crippen molar-refractivity contribution in [2.75, 3.05) is 6.16 Å². The Kier molecular flexibility index (Phi) is 5.34. The van der Waals surface area contributed by atoms with Gasteiger partial charge in [-0.05, 0) is 17.8 Å². The molecule has 0 aliphatic carbocycles. The van der Waals surface area contributed by atoms with Crippen LogP contribution in [0.3, 0.4) is 0 Å². The van der Waals surface area contributed by atoms with E-state index in [-0.39, 0.29) is 10.9 Å². The molecule has 0 saturated heterocycles. The van der Waals surface area contributed by atoms with Crippen LogP contribution in [-0.2, 0) is 4.57 Å². The normalized spacial score (nSPS) is 15.1. The van der Waals surface area contributed by atoms with Crippen molar-refractivity contribution in [2.45, 2.75) is 34.1 Å². The van der Waals surface area contributed by atoms with Gasteiger partial charge >= 0.3 is 0 Å². The van der Waals surface area contributed by atoms with Crippen LogP contribution in [0.5, 0.6) is 0 Å². The summed E-state index contributed by atoms with van der Waals surface area (Å²) in [6.45, 7) is 8.57. The largest absolute Gasteiger partial charge is 0.318 e. The molecule has 0 aliphatic heterocycles. The summed E-state index contributed by atoms with van der Waals surface area (Å²) < 4.78 is 12.1. The molecule has 0 fully saturated rings. The molecule has 1 aromatic carbocycles. The Morgan fingerprint density at radius 1 is 1.22 bits per heavy atom. The van der Waals surface area contributed by atoms with Crippen molar-refractivity contribution < 1.29 is 9.36 Å². The van der Waals surface area contributed by atoms with E-state index in [9.17, 15) is 9.36 Å². The lowest BCUT2D eigenvalue weighted by Gasteiger charge is -2.22. The minimum absolute atomic E-state index is 0.179. The molecule has 0 amide bonds. The fourth-order valence-corrected chi connectivity index (χ4v) is 3.73. The van der Waals surface area contributed by atoms with Crippen molar-refractivity contribution in [2.24, 2.45) is 11.3 Å². The Bertz CT molecular complexity index is 418. The Balaban J connectivity index is 2.59. The second kappa shape index (κ2) is 6.33. The highest BCUT2D eigenvalue weighted by atomic mass is 31.1. The number of carbonyl (C=O) groups is 1. The Labute approximate surface area is 111 Å². The highest BCUT2D eigenvalue weighted by molar-refractivity contribution is 7.64. The van der Waals surface area contributed by atoms with E-state index in [1.165, 1.54) is 0 Å². The third kappa shape index (κ3) is 5.18. The van der Waals surface area contributed by atoms with Gasteiger partial charge in [0.25, 0.3) is 0 Å². The Hall–Kier alpha value is -0.880. The average Bonchev–Trinajstić information content (AvgIpc) is 2.26.